The number of aryl methyl sites for hydroxylation is 1. The van der Waals surface area contributed by atoms with Crippen molar-refractivity contribution in [3.05, 3.63) is 85.0 Å². The zero-order valence-corrected chi connectivity index (χ0v) is 15.1. The first-order chi connectivity index (χ1) is 13.3. The minimum atomic E-state index is -0.676. The molecule has 0 unspecified atom stereocenters. The van der Waals surface area contributed by atoms with Gasteiger partial charge in [-0.3, -0.25) is 25.0 Å². The smallest absolute Gasteiger partial charge is 0.288 e. The highest BCUT2D eigenvalue weighted by Gasteiger charge is 2.18. The molecule has 10 nitrogen and oxygen atoms in total. The average Bonchev–Trinajstić information content (AvgIpc) is 3.02. The normalized spacial score (nSPS) is 10.5. The number of nitro groups is 2. The molecule has 0 aliphatic carbocycles. The van der Waals surface area contributed by atoms with E-state index in [1.165, 1.54) is 41.1 Å². The highest BCUT2D eigenvalue weighted by Crippen LogP contribution is 2.26. The van der Waals surface area contributed by atoms with Crippen LogP contribution in [0.1, 0.15) is 16.1 Å². The fraction of sp³-hybridized carbons (Fsp3) is 0.0588. The summed E-state index contributed by atoms with van der Waals surface area (Å²) in [5.74, 6) is -0.295. The number of nitro benzene ring substituents is 2. The second kappa shape index (κ2) is 7.45. The van der Waals surface area contributed by atoms with Crippen LogP contribution < -0.4 is 5.32 Å². The van der Waals surface area contributed by atoms with Gasteiger partial charge in [-0.2, -0.15) is 5.10 Å². The Hall–Kier alpha value is -3.79. The number of halogens is 1. The maximum Gasteiger partial charge on any atom is 0.288 e. The van der Waals surface area contributed by atoms with E-state index in [9.17, 15) is 25.0 Å². The van der Waals surface area contributed by atoms with Gasteiger partial charge >= 0.3 is 0 Å². The molecule has 0 spiro atoms. The molecule has 0 bridgehead atoms. The molecular formula is C17H12ClN5O5. The molecular weight excluding hydrogens is 390 g/mol. The van der Waals surface area contributed by atoms with Crippen LogP contribution in [0.5, 0.6) is 0 Å². The Labute approximate surface area is 162 Å². The van der Waals surface area contributed by atoms with Crippen molar-refractivity contribution < 1.29 is 14.6 Å². The molecule has 0 fully saturated rings. The monoisotopic (exact) mass is 401 g/mol. The Kier molecular flexibility index (Phi) is 5.05. The number of amides is 1. The number of carbonyl (C=O) groups excluding carboxylic acids is 1. The van der Waals surface area contributed by atoms with Crippen LogP contribution in [0.25, 0.3) is 5.69 Å². The predicted octanol–water partition coefficient (Wildman–Crippen LogP) is 3.90. The van der Waals surface area contributed by atoms with Crippen LogP contribution in [0.3, 0.4) is 0 Å². The topological polar surface area (TPSA) is 133 Å². The van der Waals surface area contributed by atoms with Gasteiger partial charge in [-0.25, -0.2) is 4.68 Å². The van der Waals surface area contributed by atoms with Gasteiger partial charge in [0.15, 0.2) is 0 Å². The lowest BCUT2D eigenvalue weighted by molar-refractivity contribution is -0.385. The van der Waals surface area contributed by atoms with E-state index < -0.39 is 15.8 Å². The summed E-state index contributed by atoms with van der Waals surface area (Å²) in [6, 6.07) is 10.9. The lowest BCUT2D eigenvalue weighted by Gasteiger charge is -2.09. The molecule has 11 heteroatoms. The van der Waals surface area contributed by atoms with E-state index in [0.29, 0.717) is 17.2 Å². The molecule has 0 aliphatic heterocycles. The lowest BCUT2D eigenvalue weighted by Crippen LogP contribution is -2.15. The van der Waals surface area contributed by atoms with Gasteiger partial charge in [-0.1, -0.05) is 11.6 Å². The molecule has 0 radical (unpaired) electrons. The van der Waals surface area contributed by atoms with Crippen molar-refractivity contribution in [1.82, 2.24) is 9.78 Å². The van der Waals surface area contributed by atoms with Gasteiger partial charge in [0.1, 0.15) is 10.8 Å². The number of carbonyl (C=O) groups is 1. The number of non-ortho nitro benzene ring substituents is 1. The number of nitrogens with one attached hydrogen (secondary N) is 1. The average molecular weight is 402 g/mol. The van der Waals surface area contributed by atoms with Crippen molar-refractivity contribution in [3.8, 4) is 5.69 Å². The Morgan fingerprint density at radius 2 is 1.75 bits per heavy atom. The zero-order valence-electron chi connectivity index (χ0n) is 14.3. The number of benzene rings is 2. The van der Waals surface area contributed by atoms with Crippen LogP contribution in [0.15, 0.2) is 48.5 Å². The van der Waals surface area contributed by atoms with Gasteiger partial charge in [-0.15, -0.1) is 0 Å². The molecule has 2 aromatic carbocycles. The molecule has 0 saturated heterocycles. The Morgan fingerprint density at radius 1 is 1.07 bits per heavy atom. The van der Waals surface area contributed by atoms with Crippen LogP contribution in [-0.2, 0) is 0 Å². The molecule has 0 aliphatic rings. The summed E-state index contributed by atoms with van der Waals surface area (Å²) >= 11 is 5.76. The van der Waals surface area contributed by atoms with E-state index in [1.807, 2.05) is 0 Å². The molecule has 142 valence electrons. The number of nitrogens with zero attached hydrogens (tertiary/aromatic N) is 4. The summed E-state index contributed by atoms with van der Waals surface area (Å²) in [5.41, 5.74) is 0.679. The van der Waals surface area contributed by atoms with Crippen LogP contribution in [0.2, 0.25) is 5.02 Å². The highest BCUT2D eigenvalue weighted by atomic mass is 35.5. The molecule has 3 aromatic rings. The maximum absolute atomic E-state index is 12.5. The first-order valence-corrected chi connectivity index (χ1v) is 8.21. The number of rotatable bonds is 5. The lowest BCUT2D eigenvalue weighted by atomic mass is 10.2. The first-order valence-electron chi connectivity index (χ1n) is 7.83. The van der Waals surface area contributed by atoms with Crippen molar-refractivity contribution in [1.29, 1.82) is 0 Å². The van der Waals surface area contributed by atoms with Gasteiger partial charge in [0.05, 0.1) is 21.2 Å². The fourth-order valence-electron chi connectivity index (χ4n) is 2.48. The van der Waals surface area contributed by atoms with Crippen molar-refractivity contribution in [2.75, 3.05) is 5.32 Å². The van der Waals surface area contributed by atoms with Gasteiger partial charge in [0.25, 0.3) is 17.3 Å². The van der Waals surface area contributed by atoms with Crippen LogP contribution >= 0.6 is 11.6 Å². The van der Waals surface area contributed by atoms with Gasteiger partial charge in [-0.05, 0) is 31.2 Å². The van der Waals surface area contributed by atoms with Crippen LogP contribution in [0, 0.1) is 27.2 Å². The number of hydrogen-bond acceptors (Lipinski definition) is 6. The van der Waals surface area contributed by atoms with Crippen molar-refractivity contribution in [3.63, 3.8) is 0 Å². The summed E-state index contributed by atoms with van der Waals surface area (Å²) < 4.78 is 1.40. The molecule has 1 heterocycles. The van der Waals surface area contributed by atoms with Crippen molar-refractivity contribution in [2.45, 2.75) is 6.92 Å². The number of anilines is 1. The SMILES string of the molecule is Cc1cc(NC(=O)c2ccc(Cl)c([N+](=O)[O-])c2)n(-c2ccc([N+](=O)[O-])cc2)n1. The van der Waals surface area contributed by atoms with E-state index in [0.717, 1.165) is 6.07 Å². The van der Waals surface area contributed by atoms with E-state index in [4.69, 9.17) is 11.6 Å². The molecule has 0 atom stereocenters. The second-order valence-corrected chi connectivity index (χ2v) is 6.14. The van der Waals surface area contributed by atoms with Crippen LogP contribution in [0.4, 0.5) is 17.2 Å². The van der Waals surface area contributed by atoms with Crippen molar-refractivity contribution in [2.24, 2.45) is 0 Å². The Balaban J connectivity index is 1.91. The first kappa shape index (κ1) is 19.0. The quantitative estimate of drug-likeness (QED) is 0.509. The number of aromatic nitrogens is 2. The van der Waals surface area contributed by atoms with E-state index in [2.05, 4.69) is 10.4 Å². The summed E-state index contributed by atoms with van der Waals surface area (Å²) in [4.78, 5) is 33.1. The van der Waals surface area contributed by atoms with Gasteiger partial charge < -0.3 is 5.32 Å². The third-order valence-electron chi connectivity index (χ3n) is 3.78. The van der Waals surface area contributed by atoms with Gasteiger partial charge in [0, 0.05) is 29.8 Å². The largest absolute Gasteiger partial charge is 0.306 e. The minimum absolute atomic E-state index is 0.0465. The predicted molar refractivity (Wildman–Crippen MR) is 101 cm³/mol. The minimum Gasteiger partial charge on any atom is -0.306 e. The summed E-state index contributed by atoms with van der Waals surface area (Å²) in [5, 5.41) is 28.6. The van der Waals surface area contributed by atoms with Crippen molar-refractivity contribution >= 4 is 34.7 Å². The third kappa shape index (κ3) is 3.81. The zero-order chi connectivity index (χ0) is 20.4. The Morgan fingerprint density at radius 3 is 2.36 bits per heavy atom. The molecule has 0 saturated carbocycles. The van der Waals surface area contributed by atoms with Crippen LogP contribution in [-0.4, -0.2) is 25.5 Å². The highest BCUT2D eigenvalue weighted by molar-refractivity contribution is 6.32. The molecule has 1 N–H and O–H groups in total. The molecule has 28 heavy (non-hydrogen) atoms. The third-order valence-corrected chi connectivity index (χ3v) is 4.10. The summed E-state index contributed by atoms with van der Waals surface area (Å²) in [6.07, 6.45) is 0. The van der Waals surface area contributed by atoms with E-state index in [1.54, 1.807) is 13.0 Å². The maximum atomic E-state index is 12.5. The molecule has 3 rings (SSSR count). The van der Waals surface area contributed by atoms with Gasteiger partial charge in [0.2, 0.25) is 0 Å². The number of hydrogen-bond donors (Lipinski definition) is 1. The standard InChI is InChI=1S/C17H12ClN5O5/c1-10-8-16(21(20-10)12-3-5-13(6-4-12)22(25)26)19-17(24)11-2-7-14(18)15(9-11)23(27)28/h2-9H,1H3,(H,19,24). The second-order valence-electron chi connectivity index (χ2n) is 5.73. The summed E-state index contributed by atoms with van der Waals surface area (Å²) in [7, 11) is 0. The fourth-order valence-corrected chi connectivity index (χ4v) is 2.67. The molecule has 1 aromatic heterocycles. The summed E-state index contributed by atoms with van der Waals surface area (Å²) in [6.45, 7) is 1.71. The van der Waals surface area contributed by atoms with E-state index in [-0.39, 0.29) is 22.0 Å². The van der Waals surface area contributed by atoms with E-state index >= 15 is 0 Å². The Bertz CT molecular complexity index is 1090. The molecule has 1 amide bonds.